The zero-order chi connectivity index (χ0) is 14.6. The number of rotatable bonds is 5. The standard InChI is InChI=1S/C13H22N4O2S/c1-3-4-14-7-12-8-15-13(16-9-12)17-5-6-20(18,19)10-11(17)2/h8-9,11,14H,3-7,10H2,1-2H3. The molecule has 0 aliphatic carbocycles. The van der Waals surface area contributed by atoms with Gasteiger partial charge in [0.05, 0.1) is 11.5 Å². The van der Waals surface area contributed by atoms with Gasteiger partial charge >= 0.3 is 0 Å². The summed E-state index contributed by atoms with van der Waals surface area (Å²) < 4.78 is 23.1. The molecule has 0 spiro atoms. The molecule has 1 atom stereocenters. The van der Waals surface area contributed by atoms with E-state index >= 15 is 0 Å². The molecule has 1 saturated heterocycles. The average Bonchev–Trinajstić information content (AvgIpc) is 2.39. The Hall–Kier alpha value is -1.21. The zero-order valence-electron chi connectivity index (χ0n) is 12.0. The van der Waals surface area contributed by atoms with E-state index in [1.807, 2.05) is 11.8 Å². The predicted octanol–water partition coefficient (Wildman–Crippen LogP) is 0.599. The molecule has 2 rings (SSSR count). The van der Waals surface area contributed by atoms with E-state index < -0.39 is 9.84 Å². The summed E-state index contributed by atoms with van der Waals surface area (Å²) in [5.74, 6) is 0.975. The third-order valence-corrected chi connectivity index (χ3v) is 5.17. The second-order valence-corrected chi connectivity index (χ2v) is 7.45. The Morgan fingerprint density at radius 3 is 2.70 bits per heavy atom. The van der Waals surface area contributed by atoms with E-state index in [-0.39, 0.29) is 17.5 Å². The van der Waals surface area contributed by atoms with E-state index in [2.05, 4.69) is 22.2 Å². The van der Waals surface area contributed by atoms with Crippen LogP contribution < -0.4 is 10.2 Å². The lowest BCUT2D eigenvalue weighted by Crippen LogP contribution is -2.47. The summed E-state index contributed by atoms with van der Waals surface area (Å²) in [4.78, 5) is 10.7. The molecular formula is C13H22N4O2S. The largest absolute Gasteiger partial charge is 0.336 e. The Morgan fingerprint density at radius 1 is 1.40 bits per heavy atom. The maximum atomic E-state index is 11.6. The van der Waals surface area contributed by atoms with Crippen LogP contribution in [-0.2, 0) is 16.4 Å². The van der Waals surface area contributed by atoms with Crippen LogP contribution in [0.2, 0.25) is 0 Å². The molecule has 112 valence electrons. The molecule has 1 aliphatic heterocycles. The topological polar surface area (TPSA) is 75.2 Å². The maximum absolute atomic E-state index is 11.6. The smallest absolute Gasteiger partial charge is 0.225 e. The number of hydrogen-bond acceptors (Lipinski definition) is 6. The molecular weight excluding hydrogens is 276 g/mol. The Balaban J connectivity index is 1.99. The third-order valence-electron chi connectivity index (χ3n) is 3.37. The number of sulfone groups is 1. The van der Waals surface area contributed by atoms with E-state index in [1.165, 1.54) is 0 Å². The normalized spacial score (nSPS) is 21.9. The van der Waals surface area contributed by atoms with Gasteiger partial charge in [-0.3, -0.25) is 0 Å². The van der Waals surface area contributed by atoms with Gasteiger partial charge in [0.25, 0.3) is 0 Å². The molecule has 1 aliphatic rings. The van der Waals surface area contributed by atoms with Crippen molar-refractivity contribution in [3.05, 3.63) is 18.0 Å². The SMILES string of the molecule is CCCNCc1cnc(N2CCS(=O)(=O)CC2C)nc1. The van der Waals surface area contributed by atoms with E-state index in [1.54, 1.807) is 12.4 Å². The Labute approximate surface area is 120 Å². The zero-order valence-corrected chi connectivity index (χ0v) is 12.9. The van der Waals surface area contributed by atoms with E-state index in [9.17, 15) is 8.42 Å². The van der Waals surface area contributed by atoms with Gasteiger partial charge in [-0.15, -0.1) is 0 Å². The Morgan fingerprint density at radius 2 is 2.10 bits per heavy atom. The summed E-state index contributed by atoms with van der Waals surface area (Å²) in [6.07, 6.45) is 4.71. The first-order valence-electron chi connectivity index (χ1n) is 7.00. The van der Waals surface area contributed by atoms with Crippen LogP contribution in [0.4, 0.5) is 5.95 Å². The van der Waals surface area contributed by atoms with Crippen molar-refractivity contribution in [2.24, 2.45) is 0 Å². The van der Waals surface area contributed by atoms with Crippen molar-refractivity contribution in [2.75, 3.05) is 29.5 Å². The fourth-order valence-electron chi connectivity index (χ4n) is 2.29. The number of anilines is 1. The maximum Gasteiger partial charge on any atom is 0.225 e. The Bertz CT molecular complexity index is 530. The molecule has 1 N–H and O–H groups in total. The highest BCUT2D eigenvalue weighted by Gasteiger charge is 2.29. The molecule has 0 radical (unpaired) electrons. The summed E-state index contributed by atoms with van der Waals surface area (Å²) in [5, 5.41) is 3.30. The second kappa shape index (κ2) is 6.49. The van der Waals surface area contributed by atoms with Gasteiger partial charge in [0.1, 0.15) is 0 Å². The lowest BCUT2D eigenvalue weighted by molar-refractivity contribution is 0.564. The minimum atomic E-state index is -2.90. The summed E-state index contributed by atoms with van der Waals surface area (Å²) in [5.41, 5.74) is 1.04. The minimum Gasteiger partial charge on any atom is -0.336 e. The molecule has 0 bridgehead atoms. The average molecular weight is 298 g/mol. The fraction of sp³-hybridized carbons (Fsp3) is 0.692. The van der Waals surface area contributed by atoms with Crippen LogP contribution in [-0.4, -0.2) is 49.0 Å². The van der Waals surface area contributed by atoms with E-state index in [0.29, 0.717) is 12.5 Å². The van der Waals surface area contributed by atoms with Crippen LogP contribution in [0, 0.1) is 0 Å². The van der Waals surface area contributed by atoms with Crippen LogP contribution in [0.15, 0.2) is 12.4 Å². The highest BCUT2D eigenvalue weighted by Crippen LogP contribution is 2.17. The van der Waals surface area contributed by atoms with Gasteiger partial charge in [-0.1, -0.05) is 6.92 Å². The van der Waals surface area contributed by atoms with Crippen molar-refractivity contribution >= 4 is 15.8 Å². The molecule has 1 unspecified atom stereocenters. The minimum absolute atomic E-state index is 0.0715. The number of nitrogens with zero attached hydrogens (tertiary/aromatic N) is 3. The third kappa shape index (κ3) is 3.89. The van der Waals surface area contributed by atoms with Gasteiger partial charge in [0.2, 0.25) is 5.95 Å². The molecule has 6 nitrogen and oxygen atoms in total. The molecule has 7 heteroatoms. The van der Waals surface area contributed by atoms with Gasteiger partial charge in [-0.25, -0.2) is 18.4 Å². The monoisotopic (exact) mass is 298 g/mol. The summed E-state index contributed by atoms with van der Waals surface area (Å²) in [6.45, 7) is 6.23. The van der Waals surface area contributed by atoms with Crippen molar-refractivity contribution in [1.82, 2.24) is 15.3 Å². The molecule has 2 heterocycles. The van der Waals surface area contributed by atoms with Crippen molar-refractivity contribution in [1.29, 1.82) is 0 Å². The molecule has 0 amide bonds. The number of hydrogen-bond donors (Lipinski definition) is 1. The van der Waals surface area contributed by atoms with Gasteiger partial charge in [0, 0.05) is 37.1 Å². The Kier molecular flexibility index (Phi) is 4.93. The van der Waals surface area contributed by atoms with E-state index in [4.69, 9.17) is 0 Å². The van der Waals surface area contributed by atoms with Gasteiger partial charge in [-0.2, -0.15) is 0 Å². The first-order valence-corrected chi connectivity index (χ1v) is 8.82. The van der Waals surface area contributed by atoms with Crippen molar-refractivity contribution in [3.63, 3.8) is 0 Å². The van der Waals surface area contributed by atoms with E-state index in [0.717, 1.165) is 25.1 Å². The van der Waals surface area contributed by atoms with Gasteiger partial charge < -0.3 is 10.2 Å². The quantitative estimate of drug-likeness (QED) is 0.802. The second-order valence-electron chi connectivity index (χ2n) is 5.22. The lowest BCUT2D eigenvalue weighted by Gasteiger charge is -2.33. The highest BCUT2D eigenvalue weighted by molar-refractivity contribution is 7.91. The molecule has 0 saturated carbocycles. The lowest BCUT2D eigenvalue weighted by atomic mass is 10.3. The molecule has 1 fully saturated rings. The first-order chi connectivity index (χ1) is 9.52. The summed E-state index contributed by atoms with van der Waals surface area (Å²) >= 11 is 0. The van der Waals surface area contributed by atoms with Crippen LogP contribution >= 0.6 is 0 Å². The van der Waals surface area contributed by atoms with Crippen LogP contribution in [0.3, 0.4) is 0 Å². The van der Waals surface area contributed by atoms with Crippen molar-refractivity contribution < 1.29 is 8.42 Å². The van der Waals surface area contributed by atoms with Gasteiger partial charge in [0.15, 0.2) is 9.84 Å². The number of aromatic nitrogens is 2. The first kappa shape index (κ1) is 15.2. The predicted molar refractivity (Wildman–Crippen MR) is 79.5 cm³/mol. The van der Waals surface area contributed by atoms with Crippen LogP contribution in [0.5, 0.6) is 0 Å². The fourth-order valence-corrected chi connectivity index (χ4v) is 3.85. The van der Waals surface area contributed by atoms with Gasteiger partial charge in [-0.05, 0) is 19.9 Å². The van der Waals surface area contributed by atoms with Crippen molar-refractivity contribution in [2.45, 2.75) is 32.9 Å². The summed E-state index contributed by atoms with van der Waals surface area (Å²) in [7, 11) is -2.90. The number of nitrogens with one attached hydrogen (secondary N) is 1. The molecule has 1 aromatic rings. The molecule has 0 aromatic carbocycles. The molecule has 1 aromatic heterocycles. The van der Waals surface area contributed by atoms with Crippen LogP contribution in [0.25, 0.3) is 0 Å². The summed E-state index contributed by atoms with van der Waals surface area (Å²) in [6, 6.07) is -0.0715. The highest BCUT2D eigenvalue weighted by atomic mass is 32.2. The van der Waals surface area contributed by atoms with Crippen LogP contribution in [0.1, 0.15) is 25.8 Å². The molecule has 20 heavy (non-hydrogen) atoms. The van der Waals surface area contributed by atoms with Crippen molar-refractivity contribution in [3.8, 4) is 0 Å².